The number of halogens is 1. The lowest BCUT2D eigenvalue weighted by molar-refractivity contribution is 0.584. The van der Waals surface area contributed by atoms with E-state index in [4.69, 9.17) is 22.7 Å². The largest absolute Gasteiger partial charge is 0.257 e. The summed E-state index contributed by atoms with van der Waals surface area (Å²) in [6.45, 7) is 0. The van der Waals surface area contributed by atoms with Crippen molar-refractivity contribution in [2.24, 2.45) is 5.84 Å². The lowest BCUT2D eigenvalue weighted by atomic mass is 10.2. The summed E-state index contributed by atoms with van der Waals surface area (Å²) in [6, 6.07) is 5.69. The molecule has 0 unspecified atom stereocenters. The number of hydrogen-bond acceptors (Lipinski definition) is 4. The fourth-order valence-electron chi connectivity index (χ4n) is 0.842. The first-order valence-electron chi connectivity index (χ1n) is 3.43. The summed E-state index contributed by atoms with van der Waals surface area (Å²) in [4.78, 5) is 1.42. The van der Waals surface area contributed by atoms with Crippen LogP contribution in [-0.2, 0) is 10.0 Å². The van der Waals surface area contributed by atoms with Crippen LogP contribution in [0.4, 0.5) is 0 Å². The number of nitrogens with zero attached hydrogens (tertiary/aromatic N) is 1. The maximum atomic E-state index is 11.3. The summed E-state index contributed by atoms with van der Waals surface area (Å²) in [5.41, 5.74) is 0.197. The van der Waals surface area contributed by atoms with Crippen molar-refractivity contribution in [2.45, 2.75) is 4.90 Å². The van der Waals surface area contributed by atoms with Gasteiger partial charge >= 0.3 is 0 Å². The highest BCUT2D eigenvalue weighted by atomic mass is 35.5. The van der Waals surface area contributed by atoms with Gasteiger partial charge in [-0.1, -0.05) is 11.6 Å². The molecule has 74 valence electrons. The second-order valence-corrected chi connectivity index (χ2v) is 4.47. The van der Waals surface area contributed by atoms with E-state index in [-0.39, 0.29) is 15.5 Å². The van der Waals surface area contributed by atoms with Gasteiger partial charge in [-0.05, 0) is 18.2 Å². The zero-order chi connectivity index (χ0) is 10.8. The SMILES string of the molecule is N#Cc1ccc(Cl)c(S(=O)(=O)NN)c1. The van der Waals surface area contributed by atoms with Crippen LogP contribution in [0.25, 0.3) is 0 Å². The fraction of sp³-hybridized carbons (Fsp3) is 0. The van der Waals surface area contributed by atoms with Gasteiger partial charge in [-0.3, -0.25) is 5.84 Å². The molecule has 0 saturated heterocycles. The third-order valence-electron chi connectivity index (χ3n) is 1.50. The van der Waals surface area contributed by atoms with Crippen LogP contribution in [0.2, 0.25) is 5.02 Å². The van der Waals surface area contributed by atoms with E-state index in [0.717, 1.165) is 6.07 Å². The van der Waals surface area contributed by atoms with Crippen molar-refractivity contribution in [3.05, 3.63) is 28.8 Å². The molecule has 0 aromatic heterocycles. The Morgan fingerprint density at radius 1 is 1.50 bits per heavy atom. The summed E-state index contributed by atoms with van der Waals surface area (Å²) in [7, 11) is -3.82. The van der Waals surface area contributed by atoms with Crippen molar-refractivity contribution in [3.8, 4) is 6.07 Å². The van der Waals surface area contributed by atoms with E-state index in [1.807, 2.05) is 0 Å². The Labute approximate surface area is 86.1 Å². The normalized spacial score (nSPS) is 10.9. The van der Waals surface area contributed by atoms with Crippen molar-refractivity contribution < 1.29 is 8.42 Å². The first-order valence-corrected chi connectivity index (χ1v) is 5.29. The van der Waals surface area contributed by atoms with Gasteiger partial charge in [-0.2, -0.15) is 10.1 Å². The molecule has 5 nitrogen and oxygen atoms in total. The van der Waals surface area contributed by atoms with Crippen LogP contribution in [0.1, 0.15) is 5.56 Å². The number of nitriles is 1. The summed E-state index contributed by atoms with van der Waals surface area (Å²) < 4.78 is 22.5. The maximum Gasteiger partial charge on any atom is 0.254 e. The minimum Gasteiger partial charge on any atom is -0.257 e. The molecule has 1 rings (SSSR count). The maximum absolute atomic E-state index is 11.3. The predicted molar refractivity (Wildman–Crippen MR) is 50.7 cm³/mol. The van der Waals surface area contributed by atoms with Gasteiger partial charge in [0.1, 0.15) is 4.90 Å². The van der Waals surface area contributed by atoms with Gasteiger partial charge in [0.25, 0.3) is 10.0 Å². The van der Waals surface area contributed by atoms with Crippen LogP contribution in [0, 0.1) is 11.3 Å². The Balaban J connectivity index is 3.43. The highest BCUT2D eigenvalue weighted by molar-refractivity contribution is 7.89. The molecule has 0 aliphatic carbocycles. The highest BCUT2D eigenvalue weighted by Gasteiger charge is 2.16. The molecule has 0 aliphatic heterocycles. The van der Waals surface area contributed by atoms with Gasteiger partial charge in [0.15, 0.2) is 0 Å². The standard InChI is InChI=1S/C7H6ClN3O2S/c8-6-2-1-5(4-9)3-7(6)14(12,13)11-10/h1-3,11H,10H2. The molecule has 1 aromatic rings. The second kappa shape index (κ2) is 3.94. The van der Waals surface area contributed by atoms with E-state index >= 15 is 0 Å². The van der Waals surface area contributed by atoms with Gasteiger partial charge < -0.3 is 0 Å². The third kappa shape index (κ3) is 2.02. The number of nitrogens with one attached hydrogen (secondary N) is 1. The first-order chi connectivity index (χ1) is 6.51. The van der Waals surface area contributed by atoms with Crippen LogP contribution in [0.3, 0.4) is 0 Å². The Morgan fingerprint density at radius 2 is 2.14 bits per heavy atom. The van der Waals surface area contributed by atoms with Gasteiger partial charge in [0, 0.05) is 0 Å². The first kappa shape index (κ1) is 10.9. The lowest BCUT2D eigenvalue weighted by Gasteiger charge is -2.04. The molecule has 1 aromatic carbocycles. The zero-order valence-electron chi connectivity index (χ0n) is 6.86. The number of sulfonamides is 1. The van der Waals surface area contributed by atoms with Crippen LogP contribution < -0.4 is 10.7 Å². The van der Waals surface area contributed by atoms with E-state index < -0.39 is 10.0 Å². The molecular formula is C7H6ClN3O2S. The van der Waals surface area contributed by atoms with E-state index in [0.29, 0.717) is 0 Å². The Hall–Kier alpha value is -1.13. The Morgan fingerprint density at radius 3 is 2.64 bits per heavy atom. The van der Waals surface area contributed by atoms with Crippen LogP contribution in [0.5, 0.6) is 0 Å². The molecule has 0 radical (unpaired) electrons. The monoisotopic (exact) mass is 231 g/mol. The lowest BCUT2D eigenvalue weighted by Crippen LogP contribution is -2.30. The Bertz CT molecular complexity index is 492. The van der Waals surface area contributed by atoms with E-state index in [2.05, 4.69) is 0 Å². The average molecular weight is 232 g/mol. The molecule has 3 N–H and O–H groups in total. The number of hydrazine groups is 1. The number of benzene rings is 1. The Kier molecular flexibility index (Phi) is 3.08. The molecule has 0 saturated carbocycles. The number of rotatable bonds is 2. The minimum absolute atomic E-state index is 0.0157. The number of hydrogen-bond donors (Lipinski definition) is 2. The van der Waals surface area contributed by atoms with Crippen molar-refractivity contribution in [2.75, 3.05) is 0 Å². The molecule has 0 heterocycles. The topological polar surface area (TPSA) is 96.0 Å². The van der Waals surface area contributed by atoms with Gasteiger partial charge in [-0.25, -0.2) is 8.42 Å². The molecular weight excluding hydrogens is 226 g/mol. The van der Waals surface area contributed by atoms with E-state index in [1.54, 1.807) is 10.9 Å². The smallest absolute Gasteiger partial charge is 0.254 e. The summed E-state index contributed by atoms with van der Waals surface area (Å²) in [5.74, 6) is 4.82. The fourth-order valence-corrected chi connectivity index (χ4v) is 2.00. The molecule has 0 spiro atoms. The minimum atomic E-state index is -3.82. The predicted octanol–water partition coefficient (Wildman–Crippen LogP) is 0.364. The molecule has 0 fully saturated rings. The zero-order valence-corrected chi connectivity index (χ0v) is 8.43. The molecule has 7 heteroatoms. The van der Waals surface area contributed by atoms with Gasteiger partial charge in [0.2, 0.25) is 0 Å². The van der Waals surface area contributed by atoms with Gasteiger partial charge in [-0.15, -0.1) is 0 Å². The van der Waals surface area contributed by atoms with E-state index in [1.165, 1.54) is 12.1 Å². The average Bonchev–Trinajstić information content (AvgIpc) is 2.18. The van der Waals surface area contributed by atoms with Crippen LogP contribution >= 0.6 is 11.6 Å². The molecule has 0 bridgehead atoms. The van der Waals surface area contributed by atoms with Crippen LogP contribution in [0.15, 0.2) is 23.1 Å². The van der Waals surface area contributed by atoms with Crippen molar-refractivity contribution in [1.82, 2.24) is 4.83 Å². The highest BCUT2D eigenvalue weighted by Crippen LogP contribution is 2.21. The number of nitrogens with two attached hydrogens (primary N) is 1. The molecule has 14 heavy (non-hydrogen) atoms. The summed E-state index contributed by atoms with van der Waals surface area (Å²) in [6.07, 6.45) is 0. The third-order valence-corrected chi connectivity index (χ3v) is 3.17. The van der Waals surface area contributed by atoms with Crippen molar-refractivity contribution in [1.29, 1.82) is 5.26 Å². The summed E-state index contributed by atoms with van der Waals surface area (Å²) in [5, 5.41) is 8.57. The van der Waals surface area contributed by atoms with Gasteiger partial charge in [0.05, 0.1) is 16.7 Å². The van der Waals surface area contributed by atoms with E-state index in [9.17, 15) is 8.42 Å². The van der Waals surface area contributed by atoms with Crippen LogP contribution in [-0.4, -0.2) is 8.42 Å². The molecule has 0 atom stereocenters. The molecule has 0 aliphatic rings. The second-order valence-electron chi connectivity index (χ2n) is 2.38. The summed E-state index contributed by atoms with van der Waals surface area (Å²) >= 11 is 5.63. The molecule has 0 amide bonds. The van der Waals surface area contributed by atoms with Crippen molar-refractivity contribution in [3.63, 3.8) is 0 Å². The van der Waals surface area contributed by atoms with Crippen molar-refractivity contribution >= 4 is 21.6 Å². The quantitative estimate of drug-likeness (QED) is 0.568.